The lowest BCUT2D eigenvalue weighted by molar-refractivity contribution is 1.13. The predicted molar refractivity (Wildman–Crippen MR) is 239 cm³/mol. The Morgan fingerprint density at radius 2 is 1.26 bits per heavy atom. The third kappa shape index (κ3) is 5.73. The van der Waals surface area contributed by atoms with E-state index in [0.29, 0.717) is 0 Å². The van der Waals surface area contributed by atoms with Crippen molar-refractivity contribution < 1.29 is 0 Å². The molecular formula is C53H36N4. The summed E-state index contributed by atoms with van der Waals surface area (Å²) in [4.78, 5) is 9.06. The Morgan fingerprint density at radius 1 is 0.596 bits per heavy atom. The first-order chi connectivity index (χ1) is 28.2. The van der Waals surface area contributed by atoms with E-state index >= 15 is 0 Å². The molecule has 0 fully saturated rings. The fourth-order valence-electron chi connectivity index (χ4n) is 8.32. The molecule has 0 unspecified atom stereocenters. The quantitative estimate of drug-likeness (QED) is 0.113. The molecule has 3 aromatic heterocycles. The minimum absolute atomic E-state index is 0.842. The van der Waals surface area contributed by atoms with Gasteiger partial charge in [-0.2, -0.15) is 0 Å². The van der Waals surface area contributed by atoms with Crippen LogP contribution in [0, 0.1) is 12.1 Å². The molecule has 0 atom stereocenters. The minimum atomic E-state index is 0.842. The van der Waals surface area contributed by atoms with E-state index in [4.69, 9.17) is 0 Å². The van der Waals surface area contributed by atoms with Gasteiger partial charge >= 0.3 is 0 Å². The summed E-state index contributed by atoms with van der Waals surface area (Å²) >= 11 is 0. The molecule has 0 aliphatic heterocycles. The summed E-state index contributed by atoms with van der Waals surface area (Å²) in [6.07, 6.45) is 7.87. The van der Waals surface area contributed by atoms with Gasteiger partial charge in [0.1, 0.15) is 0 Å². The Hall–Kier alpha value is -7.74. The second kappa shape index (κ2) is 14.2. The van der Waals surface area contributed by atoms with Crippen LogP contribution >= 0.6 is 0 Å². The molecule has 3 heterocycles. The van der Waals surface area contributed by atoms with Crippen molar-refractivity contribution in [2.24, 2.45) is 4.99 Å². The number of nitrogens with zero attached hydrogens (tertiary/aromatic N) is 4. The molecular weight excluding hydrogens is 693 g/mol. The van der Waals surface area contributed by atoms with Gasteiger partial charge in [0.15, 0.2) is 0 Å². The molecule has 0 radical (unpaired) electrons. The van der Waals surface area contributed by atoms with Crippen molar-refractivity contribution in [3.63, 3.8) is 0 Å². The molecule has 0 saturated carbocycles. The van der Waals surface area contributed by atoms with E-state index in [2.05, 4.69) is 184 Å². The maximum atomic E-state index is 4.67. The topological polar surface area (TPSA) is 35.1 Å². The van der Waals surface area contributed by atoms with E-state index in [1.165, 1.54) is 10.8 Å². The van der Waals surface area contributed by atoms with Crippen LogP contribution in [-0.2, 0) is 0 Å². The van der Waals surface area contributed by atoms with E-state index in [9.17, 15) is 0 Å². The molecule has 268 valence electrons. The molecule has 0 aliphatic rings. The summed E-state index contributed by atoms with van der Waals surface area (Å²) in [5, 5.41) is 4.55. The molecule has 10 aromatic rings. The Labute approximate surface area is 331 Å². The lowest BCUT2D eigenvalue weighted by Crippen LogP contribution is -1.98. The largest absolute Gasteiger partial charge is 0.309 e. The van der Waals surface area contributed by atoms with Gasteiger partial charge < -0.3 is 9.13 Å². The van der Waals surface area contributed by atoms with Gasteiger partial charge in [-0.3, -0.25) is 9.98 Å². The Bertz CT molecular complexity index is 3210. The van der Waals surface area contributed by atoms with Crippen molar-refractivity contribution in [2.45, 2.75) is 6.92 Å². The highest BCUT2D eigenvalue weighted by Gasteiger charge is 2.18. The fourth-order valence-corrected chi connectivity index (χ4v) is 8.32. The van der Waals surface area contributed by atoms with Crippen LogP contribution in [0.25, 0.3) is 94.2 Å². The molecule has 0 aliphatic carbocycles. The van der Waals surface area contributed by atoms with Gasteiger partial charge in [0.05, 0.1) is 38.8 Å². The SMILES string of the molecule is C=N/C(=C\C=C/C)c1ccccc1-c1ccc2c(c1)c1ccccc1n2-c1cccc(-n2c3ccc#cc3c3cc(-c4ccccc4-c4ccccn4)ccc32)c1. The highest BCUT2D eigenvalue weighted by molar-refractivity contribution is 6.12. The standard InChI is InChI=1S/C53H36N4/c1-3-4-24-48(54-2)42-20-7-5-18-40(42)36-28-30-52-46(33-36)44-22-9-11-26-50(44)56(52)38-16-15-17-39(35-38)57-51-27-12-10-23-45(51)47-34-37(29-31-53(47)57)41-19-6-8-21-43(41)49-25-13-14-32-55-49/h3-9,11-22,24-35H,2H2,1H3/b4-3-,48-24-. The molecule has 0 N–H and O–H groups in total. The third-order valence-corrected chi connectivity index (χ3v) is 10.9. The Kier molecular flexibility index (Phi) is 8.39. The molecule has 4 nitrogen and oxygen atoms in total. The number of allylic oxidation sites excluding steroid dienone is 3. The Balaban J connectivity index is 1.12. The maximum absolute atomic E-state index is 4.67. The fraction of sp³-hybridized carbons (Fsp3) is 0.0189. The zero-order chi connectivity index (χ0) is 38.3. The lowest BCUT2D eigenvalue weighted by Gasteiger charge is -2.14. The molecule has 4 heteroatoms. The summed E-state index contributed by atoms with van der Waals surface area (Å²) in [5.41, 5.74) is 15.1. The van der Waals surface area contributed by atoms with Crippen LogP contribution in [0.3, 0.4) is 0 Å². The molecule has 0 spiro atoms. The van der Waals surface area contributed by atoms with Crippen molar-refractivity contribution in [3.8, 4) is 44.9 Å². The van der Waals surface area contributed by atoms with Crippen LogP contribution in [0.4, 0.5) is 0 Å². The number of fused-ring (bicyclic) bond motifs is 6. The number of hydrogen-bond acceptors (Lipinski definition) is 2. The summed E-state index contributed by atoms with van der Waals surface area (Å²) in [6.45, 7) is 5.88. The number of rotatable bonds is 8. The van der Waals surface area contributed by atoms with Gasteiger partial charge in [0.2, 0.25) is 0 Å². The van der Waals surface area contributed by atoms with Gasteiger partial charge in [-0.25, -0.2) is 0 Å². The van der Waals surface area contributed by atoms with Crippen molar-refractivity contribution in [1.29, 1.82) is 0 Å². The first-order valence-electron chi connectivity index (χ1n) is 19.1. The zero-order valence-electron chi connectivity index (χ0n) is 31.4. The second-order valence-electron chi connectivity index (χ2n) is 14.1. The van der Waals surface area contributed by atoms with Crippen LogP contribution < -0.4 is 0 Å². The second-order valence-corrected chi connectivity index (χ2v) is 14.1. The van der Waals surface area contributed by atoms with Crippen LogP contribution in [-0.4, -0.2) is 20.8 Å². The molecule has 7 aromatic carbocycles. The van der Waals surface area contributed by atoms with E-state index in [0.717, 1.165) is 89.0 Å². The summed E-state index contributed by atoms with van der Waals surface area (Å²) in [6, 6.07) is 64.8. The smallest absolute Gasteiger partial charge is 0.0708 e. The maximum Gasteiger partial charge on any atom is 0.0708 e. The summed E-state index contributed by atoms with van der Waals surface area (Å²) in [7, 11) is 0. The number of benzene rings is 6. The van der Waals surface area contributed by atoms with E-state index in [-0.39, 0.29) is 0 Å². The van der Waals surface area contributed by atoms with Crippen LogP contribution in [0.15, 0.2) is 193 Å². The van der Waals surface area contributed by atoms with Gasteiger partial charge in [-0.1, -0.05) is 115 Å². The first-order valence-corrected chi connectivity index (χ1v) is 19.1. The number of para-hydroxylation sites is 1. The molecule has 0 saturated heterocycles. The van der Waals surface area contributed by atoms with E-state index in [1.54, 1.807) is 0 Å². The van der Waals surface area contributed by atoms with Crippen molar-refractivity contribution >= 4 is 56.0 Å². The third-order valence-electron chi connectivity index (χ3n) is 10.9. The number of hydrogen-bond donors (Lipinski definition) is 0. The molecule has 0 amide bonds. The number of aromatic nitrogens is 3. The summed E-state index contributed by atoms with van der Waals surface area (Å²) in [5.74, 6) is 0. The normalized spacial score (nSPS) is 11.9. The van der Waals surface area contributed by atoms with E-state index in [1.807, 2.05) is 49.5 Å². The van der Waals surface area contributed by atoms with E-state index < -0.39 is 0 Å². The van der Waals surface area contributed by atoms with Gasteiger partial charge in [-0.15, -0.1) is 0 Å². The van der Waals surface area contributed by atoms with Crippen LogP contribution in [0.2, 0.25) is 0 Å². The van der Waals surface area contributed by atoms with Gasteiger partial charge in [0.25, 0.3) is 0 Å². The average molecular weight is 729 g/mol. The molecule has 10 rings (SSSR count). The highest BCUT2D eigenvalue weighted by Crippen LogP contribution is 2.40. The lowest BCUT2D eigenvalue weighted by atomic mass is 9.96. The minimum Gasteiger partial charge on any atom is -0.309 e. The summed E-state index contributed by atoms with van der Waals surface area (Å²) < 4.78 is 4.73. The van der Waals surface area contributed by atoms with Crippen molar-refractivity contribution in [3.05, 3.63) is 206 Å². The number of aliphatic imine (C=N–C) groups is 1. The van der Waals surface area contributed by atoms with Crippen molar-refractivity contribution in [1.82, 2.24) is 14.1 Å². The number of pyridine rings is 1. The Morgan fingerprint density at radius 3 is 2.05 bits per heavy atom. The van der Waals surface area contributed by atoms with Gasteiger partial charge in [-0.05, 0) is 115 Å². The average Bonchev–Trinajstić information content (AvgIpc) is 3.79. The van der Waals surface area contributed by atoms with Crippen LogP contribution in [0.1, 0.15) is 12.5 Å². The molecule has 57 heavy (non-hydrogen) atoms. The first kappa shape index (κ1) is 33.8. The van der Waals surface area contributed by atoms with Gasteiger partial charge in [0, 0.05) is 44.9 Å². The van der Waals surface area contributed by atoms with Crippen molar-refractivity contribution in [2.75, 3.05) is 0 Å². The molecule has 0 bridgehead atoms. The zero-order valence-corrected chi connectivity index (χ0v) is 31.4. The highest BCUT2D eigenvalue weighted by atomic mass is 15.0. The van der Waals surface area contributed by atoms with Crippen LogP contribution in [0.5, 0.6) is 0 Å². The monoisotopic (exact) mass is 728 g/mol. The predicted octanol–water partition coefficient (Wildman–Crippen LogP) is 13.5.